The molecule has 0 saturated carbocycles. The topological polar surface area (TPSA) is 54.4 Å². The second kappa shape index (κ2) is 4.29. The Morgan fingerprint density at radius 2 is 2.00 bits per heavy atom. The molecule has 1 aromatic carbocycles. The number of hydrogen-bond acceptors (Lipinski definition) is 3. The van der Waals surface area contributed by atoms with Gasteiger partial charge in [0, 0.05) is 17.9 Å². The molecule has 0 saturated heterocycles. The summed E-state index contributed by atoms with van der Waals surface area (Å²) in [6.07, 6.45) is 1.53. The molecule has 0 aliphatic carbocycles. The maximum absolute atomic E-state index is 11.2. The van der Waals surface area contributed by atoms with E-state index >= 15 is 0 Å². The van der Waals surface area contributed by atoms with Gasteiger partial charge in [0.2, 0.25) is 0 Å². The Balaban J connectivity index is 3.21. The van der Waals surface area contributed by atoms with Crippen LogP contribution in [-0.4, -0.2) is 26.4 Å². The highest BCUT2D eigenvalue weighted by atomic mass is 35.5. The lowest BCUT2D eigenvalue weighted by Crippen LogP contribution is -1.99. The van der Waals surface area contributed by atoms with Crippen LogP contribution in [0.2, 0.25) is 5.02 Å². The van der Waals surface area contributed by atoms with Crippen LogP contribution < -0.4 is 0 Å². The van der Waals surface area contributed by atoms with Gasteiger partial charge < -0.3 is 5.11 Å². The van der Waals surface area contributed by atoms with E-state index in [1.54, 1.807) is 6.07 Å². The van der Waals surface area contributed by atoms with Gasteiger partial charge in [-0.15, -0.1) is 0 Å². The molecular formula is C9H11ClO3S. The van der Waals surface area contributed by atoms with Gasteiger partial charge >= 0.3 is 0 Å². The van der Waals surface area contributed by atoms with Gasteiger partial charge in [-0.25, -0.2) is 8.42 Å². The van der Waals surface area contributed by atoms with Gasteiger partial charge in [-0.05, 0) is 30.2 Å². The monoisotopic (exact) mass is 234 g/mol. The van der Waals surface area contributed by atoms with Crippen molar-refractivity contribution in [3.8, 4) is 0 Å². The molecule has 1 aromatic rings. The molecule has 3 nitrogen and oxygen atoms in total. The van der Waals surface area contributed by atoms with Crippen molar-refractivity contribution in [2.45, 2.75) is 11.3 Å². The van der Waals surface area contributed by atoms with E-state index in [0.29, 0.717) is 11.4 Å². The summed E-state index contributed by atoms with van der Waals surface area (Å²) in [4.78, 5) is 0.188. The van der Waals surface area contributed by atoms with Gasteiger partial charge in [0.1, 0.15) is 0 Å². The molecule has 0 atom stereocenters. The third-order valence-electron chi connectivity index (χ3n) is 1.76. The fraction of sp³-hybridized carbons (Fsp3) is 0.333. The third kappa shape index (κ3) is 2.97. The Hall–Kier alpha value is -0.580. The molecule has 0 aromatic heterocycles. The summed E-state index contributed by atoms with van der Waals surface area (Å²) in [5, 5.41) is 9.08. The van der Waals surface area contributed by atoms with Crippen molar-refractivity contribution in [1.29, 1.82) is 0 Å². The highest BCUT2D eigenvalue weighted by Gasteiger charge is 2.09. The van der Waals surface area contributed by atoms with Crippen LogP contribution in [0.3, 0.4) is 0 Å². The quantitative estimate of drug-likeness (QED) is 0.857. The zero-order valence-corrected chi connectivity index (χ0v) is 9.27. The second-order valence-electron chi connectivity index (χ2n) is 3.04. The van der Waals surface area contributed by atoms with E-state index in [1.807, 2.05) is 0 Å². The molecule has 0 radical (unpaired) electrons. The van der Waals surface area contributed by atoms with Gasteiger partial charge in [0.15, 0.2) is 9.84 Å². The van der Waals surface area contributed by atoms with E-state index in [0.717, 1.165) is 11.8 Å². The summed E-state index contributed by atoms with van der Waals surface area (Å²) >= 11 is 5.75. The van der Waals surface area contributed by atoms with Crippen LogP contribution >= 0.6 is 11.6 Å². The van der Waals surface area contributed by atoms with Crippen molar-refractivity contribution >= 4 is 21.4 Å². The number of rotatable bonds is 3. The van der Waals surface area contributed by atoms with Crippen LogP contribution in [0.5, 0.6) is 0 Å². The van der Waals surface area contributed by atoms with Crippen molar-refractivity contribution in [3.63, 3.8) is 0 Å². The maximum Gasteiger partial charge on any atom is 0.175 e. The standard InChI is InChI=1S/C9H11ClO3S/c1-14(12,13)9-5-7(2-3-11)4-8(10)6-9/h4-6,11H,2-3H2,1H3. The molecule has 0 spiro atoms. The van der Waals surface area contributed by atoms with Crippen molar-refractivity contribution in [3.05, 3.63) is 28.8 Å². The largest absolute Gasteiger partial charge is 0.396 e. The van der Waals surface area contributed by atoms with E-state index in [4.69, 9.17) is 16.7 Å². The normalized spacial score (nSPS) is 11.6. The van der Waals surface area contributed by atoms with Gasteiger partial charge in [-0.3, -0.25) is 0 Å². The summed E-state index contributed by atoms with van der Waals surface area (Å²) in [7, 11) is -3.23. The smallest absolute Gasteiger partial charge is 0.175 e. The van der Waals surface area contributed by atoms with Crippen LogP contribution in [0.4, 0.5) is 0 Å². The van der Waals surface area contributed by atoms with Crippen molar-refractivity contribution in [2.75, 3.05) is 12.9 Å². The first-order valence-electron chi connectivity index (χ1n) is 4.04. The average molecular weight is 235 g/mol. The van der Waals surface area contributed by atoms with Gasteiger partial charge in [0.05, 0.1) is 4.90 Å². The predicted molar refractivity (Wildman–Crippen MR) is 55.4 cm³/mol. The van der Waals surface area contributed by atoms with E-state index in [-0.39, 0.29) is 11.5 Å². The number of hydrogen-bond donors (Lipinski definition) is 1. The maximum atomic E-state index is 11.2. The van der Waals surface area contributed by atoms with Crippen molar-refractivity contribution < 1.29 is 13.5 Å². The summed E-state index contributed by atoms with van der Waals surface area (Å²) < 4.78 is 22.4. The molecular weight excluding hydrogens is 224 g/mol. The number of aliphatic hydroxyl groups excluding tert-OH is 1. The number of benzene rings is 1. The predicted octanol–water partition coefficient (Wildman–Crippen LogP) is 1.28. The molecule has 0 amide bonds. The lowest BCUT2D eigenvalue weighted by atomic mass is 10.2. The van der Waals surface area contributed by atoms with Crippen molar-refractivity contribution in [2.24, 2.45) is 0 Å². The minimum atomic E-state index is -3.23. The molecule has 1 N–H and O–H groups in total. The first kappa shape index (κ1) is 11.5. The molecule has 5 heteroatoms. The number of aliphatic hydroxyl groups is 1. The third-order valence-corrected chi connectivity index (χ3v) is 3.07. The Morgan fingerprint density at radius 1 is 1.36 bits per heavy atom. The molecule has 0 heterocycles. The van der Waals surface area contributed by atoms with E-state index in [1.165, 1.54) is 12.1 Å². The van der Waals surface area contributed by atoms with E-state index in [9.17, 15) is 8.42 Å². The summed E-state index contributed by atoms with van der Waals surface area (Å²) in [6.45, 7) is -0.0243. The first-order chi connectivity index (χ1) is 6.43. The Kier molecular flexibility index (Phi) is 3.53. The molecule has 0 aliphatic heterocycles. The molecule has 0 bridgehead atoms. The van der Waals surface area contributed by atoms with Gasteiger partial charge in [0.25, 0.3) is 0 Å². The zero-order chi connectivity index (χ0) is 10.8. The fourth-order valence-electron chi connectivity index (χ4n) is 1.11. The molecule has 0 fully saturated rings. The van der Waals surface area contributed by atoms with Crippen LogP contribution in [0.1, 0.15) is 5.56 Å². The van der Waals surface area contributed by atoms with Crippen molar-refractivity contribution in [1.82, 2.24) is 0 Å². The number of halogens is 1. The molecule has 1 rings (SSSR count). The number of sulfone groups is 1. The Bertz CT molecular complexity index is 426. The molecule has 0 aliphatic rings. The SMILES string of the molecule is CS(=O)(=O)c1cc(Cl)cc(CCO)c1. The van der Waals surface area contributed by atoms with Crippen LogP contribution in [0, 0.1) is 0 Å². The lowest BCUT2D eigenvalue weighted by Gasteiger charge is -2.03. The lowest BCUT2D eigenvalue weighted by molar-refractivity contribution is 0.299. The Morgan fingerprint density at radius 3 is 2.50 bits per heavy atom. The molecule has 0 unspecified atom stereocenters. The highest BCUT2D eigenvalue weighted by Crippen LogP contribution is 2.19. The second-order valence-corrected chi connectivity index (χ2v) is 5.49. The molecule has 14 heavy (non-hydrogen) atoms. The fourth-order valence-corrected chi connectivity index (χ4v) is 2.14. The average Bonchev–Trinajstić information content (AvgIpc) is 2.02. The highest BCUT2D eigenvalue weighted by molar-refractivity contribution is 7.90. The van der Waals surface area contributed by atoms with E-state index in [2.05, 4.69) is 0 Å². The molecule has 78 valence electrons. The van der Waals surface area contributed by atoms with E-state index < -0.39 is 9.84 Å². The van der Waals surface area contributed by atoms with Crippen LogP contribution in [0.25, 0.3) is 0 Å². The van der Waals surface area contributed by atoms with Crippen LogP contribution in [-0.2, 0) is 16.3 Å². The van der Waals surface area contributed by atoms with Gasteiger partial charge in [-0.1, -0.05) is 11.6 Å². The van der Waals surface area contributed by atoms with Gasteiger partial charge in [-0.2, -0.15) is 0 Å². The summed E-state index contributed by atoms with van der Waals surface area (Å²) in [5.41, 5.74) is 0.723. The Labute approximate surface area is 88.2 Å². The van der Waals surface area contributed by atoms with Crippen LogP contribution in [0.15, 0.2) is 23.1 Å². The minimum absolute atomic E-state index is 0.0243. The minimum Gasteiger partial charge on any atom is -0.396 e. The first-order valence-corrected chi connectivity index (χ1v) is 6.31. The summed E-state index contributed by atoms with van der Waals surface area (Å²) in [5.74, 6) is 0. The zero-order valence-electron chi connectivity index (χ0n) is 7.70. The summed E-state index contributed by atoms with van der Waals surface area (Å²) in [6, 6.07) is 4.57.